The number of ether oxygens (including phenoxy) is 1. The highest BCUT2D eigenvalue weighted by atomic mass is 16.5. The number of rotatable bonds is 6. The van der Waals surface area contributed by atoms with Crippen LogP contribution in [-0.4, -0.2) is 47.7 Å². The number of hydrogen-bond acceptors (Lipinski definition) is 6. The largest absolute Gasteiger partial charge is 0.496 e. The number of carbonyl (C=O) groups is 1. The van der Waals surface area contributed by atoms with Gasteiger partial charge in [-0.1, -0.05) is 17.3 Å². The molecule has 1 aliphatic rings. The van der Waals surface area contributed by atoms with Gasteiger partial charge < -0.3 is 14.6 Å². The lowest BCUT2D eigenvalue weighted by Crippen LogP contribution is -2.31. The van der Waals surface area contributed by atoms with Crippen molar-refractivity contribution in [1.29, 1.82) is 0 Å². The Labute approximate surface area is 153 Å². The minimum Gasteiger partial charge on any atom is -0.496 e. The fraction of sp³-hybridized carbons (Fsp3) is 0.526. The van der Waals surface area contributed by atoms with Crippen LogP contribution in [0.2, 0.25) is 0 Å². The SMILES string of the molecule is CCNC(=O)C1CCCN(Cc2noc(-c3ccccc3OC)n2)CC1. The van der Waals surface area contributed by atoms with Gasteiger partial charge in [0.2, 0.25) is 5.91 Å². The number of benzene rings is 1. The minimum atomic E-state index is 0.106. The zero-order chi connectivity index (χ0) is 18.4. The van der Waals surface area contributed by atoms with Crippen LogP contribution < -0.4 is 10.1 Å². The van der Waals surface area contributed by atoms with Gasteiger partial charge in [0.15, 0.2) is 5.82 Å². The van der Waals surface area contributed by atoms with Crippen molar-refractivity contribution >= 4 is 5.91 Å². The van der Waals surface area contributed by atoms with E-state index in [1.54, 1.807) is 7.11 Å². The van der Waals surface area contributed by atoms with Crippen LogP contribution in [-0.2, 0) is 11.3 Å². The van der Waals surface area contributed by atoms with Crippen LogP contribution in [0, 0.1) is 5.92 Å². The number of para-hydroxylation sites is 1. The maximum absolute atomic E-state index is 12.1. The van der Waals surface area contributed by atoms with E-state index in [0.29, 0.717) is 30.6 Å². The van der Waals surface area contributed by atoms with Crippen molar-refractivity contribution in [3.8, 4) is 17.2 Å². The number of nitrogens with one attached hydrogen (secondary N) is 1. The van der Waals surface area contributed by atoms with E-state index in [-0.39, 0.29) is 11.8 Å². The molecule has 7 nitrogen and oxygen atoms in total. The normalized spacial score (nSPS) is 18.3. The zero-order valence-electron chi connectivity index (χ0n) is 15.4. The molecule has 0 aliphatic carbocycles. The zero-order valence-corrected chi connectivity index (χ0v) is 15.4. The summed E-state index contributed by atoms with van der Waals surface area (Å²) >= 11 is 0. The molecule has 1 aromatic carbocycles. The van der Waals surface area contributed by atoms with E-state index in [4.69, 9.17) is 9.26 Å². The monoisotopic (exact) mass is 358 g/mol. The average molecular weight is 358 g/mol. The fourth-order valence-corrected chi connectivity index (χ4v) is 3.34. The highest BCUT2D eigenvalue weighted by molar-refractivity contribution is 5.78. The summed E-state index contributed by atoms with van der Waals surface area (Å²) in [5.74, 6) is 2.11. The summed E-state index contributed by atoms with van der Waals surface area (Å²) in [6.07, 6.45) is 2.79. The Morgan fingerprint density at radius 1 is 1.35 bits per heavy atom. The number of amides is 1. The highest BCUT2D eigenvalue weighted by Gasteiger charge is 2.23. The van der Waals surface area contributed by atoms with E-state index in [1.165, 1.54) is 0 Å². The van der Waals surface area contributed by atoms with E-state index in [0.717, 1.165) is 37.9 Å². The van der Waals surface area contributed by atoms with Crippen molar-refractivity contribution in [1.82, 2.24) is 20.4 Å². The summed E-state index contributed by atoms with van der Waals surface area (Å²) in [5.41, 5.74) is 0.793. The van der Waals surface area contributed by atoms with Gasteiger partial charge in [0.1, 0.15) is 5.75 Å². The molecule has 1 saturated heterocycles. The van der Waals surface area contributed by atoms with Crippen LogP contribution >= 0.6 is 0 Å². The van der Waals surface area contributed by atoms with E-state index in [2.05, 4.69) is 20.4 Å². The first-order chi connectivity index (χ1) is 12.7. The number of nitrogens with zero attached hydrogens (tertiary/aromatic N) is 3. The van der Waals surface area contributed by atoms with Gasteiger partial charge >= 0.3 is 0 Å². The van der Waals surface area contributed by atoms with Crippen molar-refractivity contribution in [3.05, 3.63) is 30.1 Å². The van der Waals surface area contributed by atoms with E-state index in [1.807, 2.05) is 31.2 Å². The fourth-order valence-electron chi connectivity index (χ4n) is 3.34. The Kier molecular flexibility index (Phi) is 6.22. The third-order valence-electron chi connectivity index (χ3n) is 4.71. The van der Waals surface area contributed by atoms with Gasteiger partial charge in [-0.15, -0.1) is 0 Å². The molecule has 140 valence electrons. The Morgan fingerprint density at radius 3 is 3.00 bits per heavy atom. The molecule has 2 heterocycles. The molecule has 2 aromatic rings. The van der Waals surface area contributed by atoms with Crippen molar-refractivity contribution < 1.29 is 14.1 Å². The third-order valence-corrected chi connectivity index (χ3v) is 4.71. The van der Waals surface area contributed by atoms with Gasteiger partial charge in [-0.2, -0.15) is 4.98 Å². The molecule has 1 N–H and O–H groups in total. The summed E-state index contributed by atoms with van der Waals surface area (Å²) in [6, 6.07) is 7.59. The van der Waals surface area contributed by atoms with E-state index < -0.39 is 0 Å². The van der Waals surface area contributed by atoms with Crippen LogP contribution in [0.15, 0.2) is 28.8 Å². The first-order valence-corrected chi connectivity index (χ1v) is 9.17. The second kappa shape index (κ2) is 8.80. The van der Waals surface area contributed by atoms with Gasteiger partial charge in [0.05, 0.1) is 19.2 Å². The quantitative estimate of drug-likeness (QED) is 0.854. The van der Waals surface area contributed by atoms with Crippen LogP contribution in [0.1, 0.15) is 32.0 Å². The topological polar surface area (TPSA) is 80.5 Å². The number of carbonyl (C=O) groups excluding carboxylic acids is 1. The lowest BCUT2D eigenvalue weighted by atomic mass is 10.00. The second-order valence-electron chi connectivity index (χ2n) is 6.51. The Hall–Kier alpha value is -2.41. The van der Waals surface area contributed by atoms with E-state index in [9.17, 15) is 4.79 Å². The van der Waals surface area contributed by atoms with Crippen LogP contribution in [0.3, 0.4) is 0 Å². The average Bonchev–Trinajstić information content (AvgIpc) is 2.99. The first-order valence-electron chi connectivity index (χ1n) is 9.17. The maximum Gasteiger partial charge on any atom is 0.261 e. The van der Waals surface area contributed by atoms with Gasteiger partial charge in [-0.3, -0.25) is 9.69 Å². The number of hydrogen-bond donors (Lipinski definition) is 1. The lowest BCUT2D eigenvalue weighted by Gasteiger charge is -2.17. The molecule has 1 aromatic heterocycles. The van der Waals surface area contributed by atoms with Gasteiger partial charge in [-0.25, -0.2) is 0 Å². The lowest BCUT2D eigenvalue weighted by molar-refractivity contribution is -0.125. The van der Waals surface area contributed by atoms with Gasteiger partial charge in [-0.05, 0) is 51.4 Å². The van der Waals surface area contributed by atoms with Crippen LogP contribution in [0.4, 0.5) is 0 Å². The third kappa shape index (κ3) is 4.40. The standard InChI is InChI=1S/C19H26N4O3/c1-3-20-18(24)14-7-6-11-23(12-10-14)13-17-21-19(26-22-17)15-8-4-5-9-16(15)25-2/h4-5,8-9,14H,3,6-7,10-13H2,1-2H3,(H,20,24). The Bertz CT molecular complexity index is 731. The van der Waals surface area contributed by atoms with Crippen molar-refractivity contribution in [3.63, 3.8) is 0 Å². The van der Waals surface area contributed by atoms with Crippen molar-refractivity contribution in [2.24, 2.45) is 5.92 Å². The molecular formula is C19H26N4O3. The summed E-state index contributed by atoms with van der Waals surface area (Å²) in [5, 5.41) is 7.04. The highest BCUT2D eigenvalue weighted by Crippen LogP contribution is 2.28. The molecule has 26 heavy (non-hydrogen) atoms. The summed E-state index contributed by atoms with van der Waals surface area (Å²) in [6.45, 7) is 5.07. The molecule has 1 amide bonds. The number of methoxy groups -OCH3 is 1. The molecule has 1 atom stereocenters. The summed E-state index contributed by atoms with van der Waals surface area (Å²) in [4.78, 5) is 18.9. The molecule has 0 spiro atoms. The van der Waals surface area contributed by atoms with E-state index >= 15 is 0 Å². The summed E-state index contributed by atoms with van der Waals surface area (Å²) in [7, 11) is 1.62. The van der Waals surface area contributed by atoms with Gasteiger partial charge in [0.25, 0.3) is 5.89 Å². The second-order valence-corrected chi connectivity index (χ2v) is 6.51. The smallest absolute Gasteiger partial charge is 0.261 e. The maximum atomic E-state index is 12.1. The molecule has 0 saturated carbocycles. The summed E-state index contributed by atoms with van der Waals surface area (Å²) < 4.78 is 10.8. The predicted molar refractivity (Wildman–Crippen MR) is 97.6 cm³/mol. The minimum absolute atomic E-state index is 0.106. The molecule has 1 fully saturated rings. The Balaban J connectivity index is 1.62. The molecule has 7 heteroatoms. The van der Waals surface area contributed by atoms with Crippen LogP contribution in [0.5, 0.6) is 5.75 Å². The first kappa shape index (κ1) is 18.4. The number of likely N-dealkylation sites (tertiary alicyclic amines) is 1. The molecule has 3 rings (SSSR count). The predicted octanol–water partition coefficient (Wildman–Crippen LogP) is 2.48. The van der Waals surface area contributed by atoms with Crippen molar-refractivity contribution in [2.75, 3.05) is 26.7 Å². The molecule has 0 bridgehead atoms. The number of aromatic nitrogens is 2. The molecular weight excluding hydrogens is 332 g/mol. The molecule has 1 unspecified atom stereocenters. The van der Waals surface area contributed by atoms with Crippen LogP contribution in [0.25, 0.3) is 11.5 Å². The molecule has 1 aliphatic heterocycles. The van der Waals surface area contributed by atoms with Crippen molar-refractivity contribution in [2.45, 2.75) is 32.7 Å². The molecule has 0 radical (unpaired) electrons. The van der Waals surface area contributed by atoms with Gasteiger partial charge in [0, 0.05) is 12.5 Å². The Morgan fingerprint density at radius 2 is 2.19 bits per heavy atom.